The molecule has 1 aromatic rings. The molecule has 0 aromatic heterocycles. The summed E-state index contributed by atoms with van der Waals surface area (Å²) in [4.78, 5) is 11.3. The summed E-state index contributed by atoms with van der Waals surface area (Å²) < 4.78 is 0. The monoisotopic (exact) mass is 161 g/mol. The minimum absolute atomic E-state index is 0.171. The van der Waals surface area contributed by atoms with Gasteiger partial charge in [0.1, 0.15) is 7.28 Å². The van der Waals surface area contributed by atoms with Crippen LogP contribution in [-0.2, 0) is 0 Å². The molecule has 0 aliphatic rings. The number of nitrogen functional groups attached to an aromatic ring is 1. The second-order valence-electron chi connectivity index (χ2n) is 2.80. The molecule has 1 rings (SSSR count). The van der Waals surface area contributed by atoms with E-state index in [0.29, 0.717) is 12.0 Å². The Bertz CT molecular complexity index is 286. The van der Waals surface area contributed by atoms with Crippen LogP contribution in [0, 0.1) is 0 Å². The normalized spacial score (nSPS) is 9.42. The molecular formula is C9H12BNO. The first-order chi connectivity index (χ1) is 5.74. The van der Waals surface area contributed by atoms with Crippen molar-refractivity contribution in [3.05, 3.63) is 29.8 Å². The number of carbonyl (C=O) groups is 1. The van der Waals surface area contributed by atoms with Crippen LogP contribution in [0.25, 0.3) is 0 Å². The van der Waals surface area contributed by atoms with Gasteiger partial charge in [-0.1, -0.05) is 19.0 Å². The van der Waals surface area contributed by atoms with Gasteiger partial charge in [-0.15, -0.1) is 0 Å². The number of hydrogen-bond donors (Lipinski definition) is 1. The molecule has 0 saturated heterocycles. The maximum atomic E-state index is 11.3. The molecule has 2 N–H and O–H groups in total. The van der Waals surface area contributed by atoms with E-state index in [0.717, 1.165) is 12.8 Å². The van der Waals surface area contributed by atoms with Gasteiger partial charge in [-0.2, -0.15) is 0 Å². The Morgan fingerprint density at radius 3 is 2.92 bits per heavy atom. The summed E-state index contributed by atoms with van der Waals surface area (Å²) >= 11 is 0. The highest BCUT2D eigenvalue weighted by atomic mass is 16.1. The second kappa shape index (κ2) is 3.95. The van der Waals surface area contributed by atoms with Gasteiger partial charge in [0.2, 0.25) is 0 Å². The molecule has 0 fully saturated rings. The summed E-state index contributed by atoms with van der Waals surface area (Å²) in [6.07, 6.45) is 0.601. The molecule has 0 spiro atoms. The van der Waals surface area contributed by atoms with E-state index in [2.05, 4.69) is 0 Å². The lowest BCUT2D eigenvalue weighted by Crippen LogP contribution is -2.01. The van der Waals surface area contributed by atoms with Crippen LogP contribution in [0.1, 0.15) is 10.4 Å². The first-order valence-corrected chi connectivity index (χ1v) is 4.12. The Hall–Kier alpha value is -1.25. The molecule has 2 nitrogen and oxygen atoms in total. The minimum Gasteiger partial charge on any atom is -0.399 e. The van der Waals surface area contributed by atoms with E-state index < -0.39 is 0 Å². The Morgan fingerprint density at radius 1 is 1.58 bits per heavy atom. The first kappa shape index (κ1) is 8.85. The molecule has 0 heterocycles. The fourth-order valence-corrected chi connectivity index (χ4v) is 1.08. The molecule has 0 saturated carbocycles. The van der Waals surface area contributed by atoms with Crippen LogP contribution < -0.4 is 5.73 Å². The van der Waals surface area contributed by atoms with Crippen LogP contribution >= 0.6 is 0 Å². The van der Waals surface area contributed by atoms with Crippen LogP contribution in [0.2, 0.25) is 13.1 Å². The maximum Gasteiger partial charge on any atom is 0.155 e. The molecule has 0 radical (unpaired) electrons. The number of nitrogens with two attached hydrogens (primary N) is 1. The fraction of sp³-hybridized carbons (Fsp3) is 0.222. The predicted octanol–water partition coefficient (Wildman–Crippen LogP) is 1.35. The highest BCUT2D eigenvalue weighted by molar-refractivity contribution is 6.41. The SMILES string of the molecule is CBCC(=O)c1cccc(N)c1. The number of benzene rings is 1. The van der Waals surface area contributed by atoms with E-state index >= 15 is 0 Å². The number of ketones is 1. The molecule has 0 aliphatic carbocycles. The van der Waals surface area contributed by atoms with Crippen molar-refractivity contribution in [2.24, 2.45) is 0 Å². The molecular weight excluding hydrogens is 149 g/mol. The van der Waals surface area contributed by atoms with Gasteiger partial charge < -0.3 is 5.73 Å². The summed E-state index contributed by atoms with van der Waals surface area (Å²) in [6.45, 7) is 1.99. The lowest BCUT2D eigenvalue weighted by atomic mass is 9.75. The van der Waals surface area contributed by atoms with Gasteiger partial charge in [0.15, 0.2) is 5.78 Å². The Morgan fingerprint density at radius 2 is 2.33 bits per heavy atom. The Balaban J connectivity index is 2.81. The maximum absolute atomic E-state index is 11.3. The number of rotatable bonds is 3. The average molecular weight is 161 g/mol. The molecule has 0 amide bonds. The summed E-state index contributed by atoms with van der Waals surface area (Å²) in [6, 6.07) is 7.10. The number of anilines is 1. The smallest absolute Gasteiger partial charge is 0.155 e. The van der Waals surface area contributed by atoms with E-state index in [1.807, 2.05) is 6.82 Å². The summed E-state index contributed by atoms with van der Waals surface area (Å²) in [5.41, 5.74) is 6.91. The molecule has 0 aliphatic heterocycles. The van der Waals surface area contributed by atoms with Gasteiger partial charge in [-0.25, -0.2) is 0 Å². The molecule has 0 unspecified atom stereocenters. The molecule has 0 atom stereocenters. The molecule has 0 bridgehead atoms. The van der Waals surface area contributed by atoms with Crippen LogP contribution in [-0.4, -0.2) is 13.1 Å². The summed E-state index contributed by atoms with van der Waals surface area (Å²) in [5, 5.41) is 0. The highest BCUT2D eigenvalue weighted by Gasteiger charge is 2.03. The van der Waals surface area contributed by atoms with Crippen molar-refractivity contribution in [1.29, 1.82) is 0 Å². The zero-order valence-corrected chi connectivity index (χ0v) is 7.21. The van der Waals surface area contributed by atoms with Crippen molar-refractivity contribution >= 4 is 18.8 Å². The van der Waals surface area contributed by atoms with Crippen LogP contribution in [0.5, 0.6) is 0 Å². The van der Waals surface area contributed by atoms with Crippen molar-refractivity contribution in [1.82, 2.24) is 0 Å². The summed E-state index contributed by atoms with van der Waals surface area (Å²) in [5.74, 6) is 0.171. The van der Waals surface area contributed by atoms with Gasteiger partial charge in [0.25, 0.3) is 0 Å². The Kier molecular flexibility index (Phi) is 2.91. The predicted molar refractivity (Wildman–Crippen MR) is 53.0 cm³/mol. The lowest BCUT2D eigenvalue weighted by molar-refractivity contribution is 0.101. The van der Waals surface area contributed by atoms with Crippen LogP contribution in [0.4, 0.5) is 5.69 Å². The number of carbonyl (C=O) groups excluding carboxylic acids is 1. The van der Waals surface area contributed by atoms with E-state index in [1.54, 1.807) is 24.3 Å². The summed E-state index contributed by atoms with van der Waals surface area (Å²) in [7, 11) is 0.883. The van der Waals surface area contributed by atoms with Crippen molar-refractivity contribution in [3.63, 3.8) is 0 Å². The number of Topliss-reactive ketones (excluding diaryl/α,β-unsaturated/α-hetero) is 1. The third-order valence-electron chi connectivity index (χ3n) is 1.69. The average Bonchev–Trinajstić information content (AvgIpc) is 2.05. The molecule has 3 heteroatoms. The Labute approximate surface area is 73.0 Å². The standard InChI is InChI=1S/C9H12BNO/c1-10-6-9(12)7-3-2-4-8(11)5-7/h2-5,10H,6,11H2,1H3. The molecule has 1 aromatic carbocycles. The van der Waals surface area contributed by atoms with Gasteiger partial charge in [-0.3, -0.25) is 4.79 Å². The van der Waals surface area contributed by atoms with Gasteiger partial charge in [-0.05, 0) is 18.5 Å². The van der Waals surface area contributed by atoms with E-state index in [-0.39, 0.29) is 5.78 Å². The van der Waals surface area contributed by atoms with Crippen molar-refractivity contribution in [2.45, 2.75) is 13.1 Å². The van der Waals surface area contributed by atoms with E-state index in [1.165, 1.54) is 0 Å². The first-order valence-electron chi connectivity index (χ1n) is 4.12. The van der Waals surface area contributed by atoms with Crippen molar-refractivity contribution in [3.8, 4) is 0 Å². The van der Waals surface area contributed by atoms with Crippen molar-refractivity contribution < 1.29 is 4.79 Å². The zero-order chi connectivity index (χ0) is 8.97. The quantitative estimate of drug-likeness (QED) is 0.413. The zero-order valence-electron chi connectivity index (χ0n) is 7.21. The highest BCUT2D eigenvalue weighted by Crippen LogP contribution is 2.08. The van der Waals surface area contributed by atoms with E-state index in [9.17, 15) is 4.79 Å². The third kappa shape index (κ3) is 2.12. The minimum atomic E-state index is 0.171. The van der Waals surface area contributed by atoms with Crippen molar-refractivity contribution in [2.75, 3.05) is 5.73 Å². The van der Waals surface area contributed by atoms with Crippen LogP contribution in [0.15, 0.2) is 24.3 Å². The lowest BCUT2D eigenvalue weighted by Gasteiger charge is -1.98. The topological polar surface area (TPSA) is 43.1 Å². The number of hydrogen-bond acceptors (Lipinski definition) is 2. The fourth-order valence-electron chi connectivity index (χ4n) is 1.08. The molecule has 12 heavy (non-hydrogen) atoms. The van der Waals surface area contributed by atoms with Gasteiger partial charge in [0, 0.05) is 11.3 Å². The third-order valence-corrected chi connectivity index (χ3v) is 1.69. The van der Waals surface area contributed by atoms with E-state index in [4.69, 9.17) is 5.73 Å². The second-order valence-corrected chi connectivity index (χ2v) is 2.80. The van der Waals surface area contributed by atoms with Gasteiger partial charge in [0.05, 0.1) is 0 Å². The largest absolute Gasteiger partial charge is 0.399 e. The molecule has 62 valence electrons. The van der Waals surface area contributed by atoms with Gasteiger partial charge >= 0.3 is 0 Å². The van der Waals surface area contributed by atoms with Crippen LogP contribution in [0.3, 0.4) is 0 Å².